The molecule has 1 aromatic rings. The zero-order chi connectivity index (χ0) is 17.2. The molecule has 0 aliphatic carbocycles. The van der Waals surface area contributed by atoms with Gasteiger partial charge >= 0.3 is 0 Å². The van der Waals surface area contributed by atoms with Crippen LogP contribution in [-0.2, 0) is 4.79 Å². The summed E-state index contributed by atoms with van der Waals surface area (Å²) in [4.78, 5) is 28.2. The Bertz CT molecular complexity index is 619. The van der Waals surface area contributed by atoms with Crippen LogP contribution in [0.3, 0.4) is 0 Å². The third-order valence-electron chi connectivity index (χ3n) is 5.16. The molecule has 1 spiro atoms. The molecule has 0 unspecified atom stereocenters. The second-order valence-corrected chi connectivity index (χ2v) is 6.88. The van der Waals surface area contributed by atoms with Crippen molar-refractivity contribution in [2.45, 2.75) is 25.7 Å². The second kappa shape index (κ2) is 6.89. The lowest BCUT2D eigenvalue weighted by atomic mass is 9.73. The molecule has 0 bridgehead atoms. The Hall–Kier alpha value is -1.95. The summed E-state index contributed by atoms with van der Waals surface area (Å²) < 4.78 is 13.0. The van der Waals surface area contributed by atoms with Crippen molar-refractivity contribution in [2.24, 2.45) is 5.41 Å². The van der Waals surface area contributed by atoms with Crippen molar-refractivity contribution in [1.82, 2.24) is 9.80 Å². The van der Waals surface area contributed by atoms with Crippen molar-refractivity contribution in [3.8, 4) is 0 Å². The minimum Gasteiger partial charge on any atom is -0.395 e. The zero-order valence-corrected chi connectivity index (χ0v) is 13.7. The first-order chi connectivity index (χ1) is 11.5. The molecule has 2 aliphatic rings. The van der Waals surface area contributed by atoms with Crippen molar-refractivity contribution in [1.29, 1.82) is 0 Å². The van der Waals surface area contributed by atoms with Gasteiger partial charge in [-0.25, -0.2) is 4.39 Å². The van der Waals surface area contributed by atoms with Gasteiger partial charge in [0.15, 0.2) is 0 Å². The number of piperidine rings is 2. The summed E-state index contributed by atoms with van der Waals surface area (Å²) in [5.41, 5.74) is 0.407. The molecule has 130 valence electrons. The van der Waals surface area contributed by atoms with Gasteiger partial charge in [-0.05, 0) is 43.5 Å². The summed E-state index contributed by atoms with van der Waals surface area (Å²) in [6.45, 7) is 2.20. The van der Waals surface area contributed by atoms with E-state index in [2.05, 4.69) is 0 Å². The first kappa shape index (κ1) is 16.9. The number of aliphatic hydroxyl groups excluding tert-OH is 1. The molecule has 3 rings (SSSR count). The number of likely N-dealkylation sites (tertiary alicyclic amines) is 2. The molecule has 1 atom stereocenters. The minimum absolute atomic E-state index is 0.0416. The van der Waals surface area contributed by atoms with E-state index in [0.29, 0.717) is 38.2 Å². The van der Waals surface area contributed by atoms with Crippen molar-refractivity contribution in [3.63, 3.8) is 0 Å². The van der Waals surface area contributed by atoms with Gasteiger partial charge in [0.1, 0.15) is 5.82 Å². The molecule has 0 saturated carbocycles. The molecule has 2 heterocycles. The highest BCUT2D eigenvalue weighted by molar-refractivity contribution is 5.94. The Morgan fingerprint density at radius 2 is 1.96 bits per heavy atom. The van der Waals surface area contributed by atoms with E-state index < -0.39 is 0 Å². The van der Waals surface area contributed by atoms with Crippen molar-refractivity contribution >= 4 is 11.8 Å². The number of nitrogens with zero attached hydrogens (tertiary/aromatic N) is 2. The van der Waals surface area contributed by atoms with E-state index in [0.717, 1.165) is 19.3 Å². The van der Waals surface area contributed by atoms with Crippen LogP contribution in [-0.4, -0.2) is 59.5 Å². The van der Waals surface area contributed by atoms with Crippen molar-refractivity contribution in [3.05, 3.63) is 35.6 Å². The normalized spacial score (nSPS) is 24.5. The van der Waals surface area contributed by atoms with E-state index in [9.17, 15) is 14.0 Å². The number of hydrogen-bond acceptors (Lipinski definition) is 3. The average molecular weight is 334 g/mol. The maximum absolute atomic E-state index is 13.0. The van der Waals surface area contributed by atoms with Crippen LogP contribution in [0.5, 0.6) is 0 Å². The number of aliphatic hydroxyl groups is 1. The van der Waals surface area contributed by atoms with Gasteiger partial charge in [-0.1, -0.05) is 0 Å². The van der Waals surface area contributed by atoms with Gasteiger partial charge in [0.2, 0.25) is 5.91 Å². The Morgan fingerprint density at radius 3 is 2.67 bits per heavy atom. The Labute approximate surface area is 141 Å². The predicted molar refractivity (Wildman–Crippen MR) is 86.9 cm³/mol. The van der Waals surface area contributed by atoms with E-state index in [1.54, 1.807) is 4.90 Å². The molecular formula is C18H23FN2O3. The summed E-state index contributed by atoms with van der Waals surface area (Å²) in [6.07, 6.45) is 3.13. The van der Waals surface area contributed by atoms with Crippen LogP contribution in [0.4, 0.5) is 4.39 Å². The van der Waals surface area contributed by atoms with Gasteiger partial charge in [-0.15, -0.1) is 0 Å². The SMILES string of the molecule is O=C1CC[C@]2(CCCN(C(=O)c3ccc(F)cc3)C2)CN1CCO. The monoisotopic (exact) mass is 334 g/mol. The molecule has 5 nitrogen and oxygen atoms in total. The fourth-order valence-electron chi connectivity index (χ4n) is 3.92. The van der Waals surface area contributed by atoms with Crippen LogP contribution in [0.1, 0.15) is 36.0 Å². The largest absolute Gasteiger partial charge is 0.395 e. The molecule has 1 aromatic carbocycles. The van der Waals surface area contributed by atoms with Gasteiger partial charge in [-0.2, -0.15) is 0 Å². The smallest absolute Gasteiger partial charge is 0.253 e. The Balaban J connectivity index is 1.72. The maximum atomic E-state index is 13.0. The molecule has 2 saturated heterocycles. The quantitative estimate of drug-likeness (QED) is 0.915. The number of carbonyl (C=O) groups excluding carboxylic acids is 2. The number of hydrogen-bond donors (Lipinski definition) is 1. The van der Waals surface area contributed by atoms with E-state index in [-0.39, 0.29) is 29.7 Å². The fourth-order valence-corrected chi connectivity index (χ4v) is 3.92. The summed E-state index contributed by atoms with van der Waals surface area (Å²) in [6, 6.07) is 5.63. The van der Waals surface area contributed by atoms with Crippen molar-refractivity contribution < 1.29 is 19.1 Å². The Kier molecular flexibility index (Phi) is 4.85. The maximum Gasteiger partial charge on any atom is 0.253 e. The molecule has 24 heavy (non-hydrogen) atoms. The van der Waals surface area contributed by atoms with E-state index in [1.807, 2.05) is 4.90 Å². The van der Waals surface area contributed by atoms with Crippen LogP contribution < -0.4 is 0 Å². The summed E-state index contributed by atoms with van der Waals surface area (Å²) >= 11 is 0. The topological polar surface area (TPSA) is 60.9 Å². The summed E-state index contributed by atoms with van der Waals surface area (Å²) in [7, 11) is 0. The third-order valence-corrected chi connectivity index (χ3v) is 5.16. The highest BCUT2D eigenvalue weighted by Crippen LogP contribution is 2.39. The molecule has 1 N–H and O–H groups in total. The van der Waals surface area contributed by atoms with Gasteiger partial charge in [0.25, 0.3) is 5.91 Å². The average Bonchev–Trinajstić information content (AvgIpc) is 2.59. The highest BCUT2D eigenvalue weighted by Gasteiger charge is 2.42. The Morgan fingerprint density at radius 1 is 1.21 bits per heavy atom. The van der Waals surface area contributed by atoms with Crippen molar-refractivity contribution in [2.75, 3.05) is 32.8 Å². The number of amides is 2. The first-order valence-electron chi connectivity index (χ1n) is 8.46. The third kappa shape index (κ3) is 3.43. The van der Waals surface area contributed by atoms with E-state index in [1.165, 1.54) is 24.3 Å². The molecule has 0 radical (unpaired) electrons. The second-order valence-electron chi connectivity index (χ2n) is 6.88. The van der Waals surface area contributed by atoms with Crippen LogP contribution in [0.25, 0.3) is 0 Å². The number of carbonyl (C=O) groups is 2. The highest BCUT2D eigenvalue weighted by atomic mass is 19.1. The predicted octanol–water partition coefficient (Wildman–Crippen LogP) is 1.66. The number of rotatable bonds is 3. The summed E-state index contributed by atoms with van der Waals surface area (Å²) in [5.74, 6) is -0.358. The lowest BCUT2D eigenvalue weighted by molar-refractivity contribution is -0.139. The molecular weight excluding hydrogens is 311 g/mol. The molecule has 2 aliphatic heterocycles. The van der Waals surface area contributed by atoms with E-state index >= 15 is 0 Å². The zero-order valence-electron chi connectivity index (χ0n) is 13.7. The summed E-state index contributed by atoms with van der Waals surface area (Å²) in [5, 5.41) is 9.15. The van der Waals surface area contributed by atoms with Gasteiger partial charge in [0, 0.05) is 43.6 Å². The van der Waals surface area contributed by atoms with E-state index in [4.69, 9.17) is 5.11 Å². The molecule has 2 amide bonds. The molecule has 2 fully saturated rings. The van der Waals surface area contributed by atoms with Crippen LogP contribution in [0.15, 0.2) is 24.3 Å². The molecule has 0 aromatic heterocycles. The number of halogens is 1. The fraction of sp³-hybridized carbons (Fsp3) is 0.556. The number of β-amino-alcohol motifs (C(OH)–C–C–N with tert-alkyl or cyclic N) is 1. The lowest BCUT2D eigenvalue weighted by Crippen LogP contribution is -2.55. The standard InChI is InChI=1S/C18H23FN2O3/c19-15-4-2-14(3-5-15)17(24)21-9-1-7-18(13-21)8-6-16(23)20(12-18)10-11-22/h2-5,22H,1,6-13H2/t18-/m1/s1. The van der Waals surface area contributed by atoms with Crippen LogP contribution in [0, 0.1) is 11.2 Å². The first-order valence-corrected chi connectivity index (χ1v) is 8.46. The van der Waals surface area contributed by atoms with Crippen LogP contribution in [0.2, 0.25) is 0 Å². The van der Waals surface area contributed by atoms with Gasteiger partial charge in [-0.3, -0.25) is 9.59 Å². The lowest BCUT2D eigenvalue weighted by Gasteiger charge is -2.48. The number of benzene rings is 1. The molecule has 6 heteroatoms. The van der Waals surface area contributed by atoms with Gasteiger partial charge in [0.05, 0.1) is 6.61 Å². The van der Waals surface area contributed by atoms with Crippen LogP contribution >= 0.6 is 0 Å². The van der Waals surface area contributed by atoms with Gasteiger partial charge < -0.3 is 14.9 Å². The minimum atomic E-state index is -0.355.